The zero-order valence-electron chi connectivity index (χ0n) is 9.14. The van der Waals surface area contributed by atoms with Crippen LogP contribution in [0.25, 0.3) is 0 Å². The predicted molar refractivity (Wildman–Crippen MR) is 59.5 cm³/mol. The molecule has 1 rings (SSSR count). The second-order valence-corrected chi connectivity index (χ2v) is 2.88. The van der Waals surface area contributed by atoms with Crippen LogP contribution in [-0.4, -0.2) is 17.5 Å². The number of carbonyl (C=O) groups is 3. The highest BCUT2D eigenvalue weighted by Gasteiger charge is 1.98. The van der Waals surface area contributed by atoms with Crippen LogP contribution in [-0.2, 0) is 19.1 Å². The number of carbonyl (C=O) groups excluding carboxylic acids is 3. The lowest BCUT2D eigenvalue weighted by Gasteiger charge is -1.92. The van der Waals surface area contributed by atoms with Crippen molar-refractivity contribution < 1.29 is 19.1 Å². The summed E-state index contributed by atoms with van der Waals surface area (Å²) in [6.45, 7) is 5.16. The molecule has 4 nitrogen and oxygen atoms in total. The molecule has 1 aliphatic carbocycles. The molecule has 0 unspecified atom stereocenters. The fourth-order valence-corrected chi connectivity index (χ4v) is 0.796. The van der Waals surface area contributed by atoms with E-state index >= 15 is 0 Å². The summed E-state index contributed by atoms with van der Waals surface area (Å²) >= 11 is 0. The molecule has 0 fully saturated rings. The maximum Gasteiger partial charge on any atom is 0.310 e. The molecule has 0 N–H and O–H groups in total. The molecular formula is C12H14O4. The van der Waals surface area contributed by atoms with Gasteiger partial charge in [-0.25, -0.2) is 0 Å². The summed E-state index contributed by atoms with van der Waals surface area (Å²) in [5, 5.41) is 0. The standard InChI is InChI=1S/C6H4O2.C6H10O2/c7-5-1-2-6(8)4-3-5;1-3-5-6(7)8-4-2/h1-4H;4H,2-3,5H2,1H3. The first-order valence-corrected chi connectivity index (χ1v) is 4.84. The van der Waals surface area contributed by atoms with Crippen LogP contribution in [0.2, 0.25) is 0 Å². The average Bonchev–Trinajstić information content (AvgIpc) is 2.24. The maximum absolute atomic E-state index is 10.3. The van der Waals surface area contributed by atoms with Crippen LogP contribution in [0, 0.1) is 0 Å². The Labute approximate surface area is 94.3 Å². The van der Waals surface area contributed by atoms with Crippen molar-refractivity contribution in [2.45, 2.75) is 19.8 Å². The van der Waals surface area contributed by atoms with E-state index in [0.29, 0.717) is 6.42 Å². The van der Waals surface area contributed by atoms with Gasteiger partial charge < -0.3 is 4.74 Å². The largest absolute Gasteiger partial charge is 0.435 e. The maximum atomic E-state index is 10.3. The van der Waals surface area contributed by atoms with Crippen molar-refractivity contribution in [3.05, 3.63) is 37.1 Å². The zero-order valence-corrected chi connectivity index (χ0v) is 9.14. The van der Waals surface area contributed by atoms with E-state index in [0.717, 1.165) is 12.7 Å². The number of ether oxygens (including phenoxy) is 1. The fraction of sp³-hybridized carbons (Fsp3) is 0.250. The third-order valence-corrected chi connectivity index (χ3v) is 1.49. The Hall–Kier alpha value is -1.97. The zero-order chi connectivity index (χ0) is 12.4. The van der Waals surface area contributed by atoms with E-state index in [-0.39, 0.29) is 17.5 Å². The van der Waals surface area contributed by atoms with Crippen molar-refractivity contribution in [1.82, 2.24) is 0 Å². The number of hydrogen-bond acceptors (Lipinski definition) is 4. The molecule has 0 aromatic carbocycles. The molecule has 0 amide bonds. The van der Waals surface area contributed by atoms with Gasteiger partial charge in [-0.3, -0.25) is 14.4 Å². The van der Waals surface area contributed by atoms with Crippen molar-refractivity contribution >= 4 is 17.5 Å². The minimum atomic E-state index is -0.206. The lowest BCUT2D eigenvalue weighted by atomic mass is 10.2. The molecule has 4 heteroatoms. The molecule has 0 radical (unpaired) electrons. The normalized spacial score (nSPS) is 12.8. The van der Waals surface area contributed by atoms with Crippen LogP contribution >= 0.6 is 0 Å². The van der Waals surface area contributed by atoms with Gasteiger partial charge in [0.15, 0.2) is 11.6 Å². The van der Waals surface area contributed by atoms with Gasteiger partial charge in [0.05, 0.1) is 6.26 Å². The van der Waals surface area contributed by atoms with Gasteiger partial charge in [0.2, 0.25) is 0 Å². The Morgan fingerprint density at radius 3 is 2.00 bits per heavy atom. The molecule has 0 atom stereocenters. The summed E-state index contributed by atoms with van der Waals surface area (Å²) in [4.78, 5) is 30.9. The minimum Gasteiger partial charge on any atom is -0.435 e. The number of allylic oxidation sites excluding steroid dienone is 4. The molecule has 0 aromatic rings. The van der Waals surface area contributed by atoms with Crippen LogP contribution in [0.15, 0.2) is 37.1 Å². The first kappa shape index (κ1) is 14.0. The van der Waals surface area contributed by atoms with Gasteiger partial charge in [0, 0.05) is 6.42 Å². The van der Waals surface area contributed by atoms with Gasteiger partial charge in [-0.15, -0.1) is 0 Å². The molecule has 0 aromatic heterocycles. The highest BCUT2D eigenvalue weighted by atomic mass is 16.5. The molecule has 0 bridgehead atoms. The smallest absolute Gasteiger partial charge is 0.310 e. The Kier molecular flexibility index (Phi) is 7.32. The molecule has 0 heterocycles. The Morgan fingerprint density at radius 2 is 1.69 bits per heavy atom. The van der Waals surface area contributed by atoms with Gasteiger partial charge in [0.1, 0.15) is 0 Å². The van der Waals surface area contributed by atoms with Crippen LogP contribution in [0.5, 0.6) is 0 Å². The minimum absolute atomic E-state index is 0.121. The van der Waals surface area contributed by atoms with Gasteiger partial charge >= 0.3 is 5.97 Å². The van der Waals surface area contributed by atoms with E-state index in [1.807, 2.05) is 6.92 Å². The third kappa shape index (κ3) is 7.44. The SMILES string of the molecule is C=COC(=O)CCC.O=C1C=CC(=O)C=C1. The summed E-state index contributed by atoms with van der Waals surface area (Å²) in [5.74, 6) is -0.447. The number of ketones is 2. The van der Waals surface area contributed by atoms with E-state index in [1.165, 1.54) is 24.3 Å². The van der Waals surface area contributed by atoms with E-state index in [9.17, 15) is 14.4 Å². The Morgan fingerprint density at radius 1 is 1.25 bits per heavy atom. The van der Waals surface area contributed by atoms with Crippen molar-refractivity contribution in [2.75, 3.05) is 0 Å². The van der Waals surface area contributed by atoms with Crippen LogP contribution in [0.4, 0.5) is 0 Å². The summed E-state index contributed by atoms with van der Waals surface area (Å²) < 4.78 is 4.41. The molecule has 0 aliphatic heterocycles. The van der Waals surface area contributed by atoms with Crippen LogP contribution in [0.1, 0.15) is 19.8 Å². The van der Waals surface area contributed by atoms with E-state index in [2.05, 4.69) is 11.3 Å². The lowest BCUT2D eigenvalue weighted by Crippen LogP contribution is -1.97. The monoisotopic (exact) mass is 222 g/mol. The van der Waals surface area contributed by atoms with Gasteiger partial charge in [-0.05, 0) is 30.7 Å². The molecule has 86 valence electrons. The van der Waals surface area contributed by atoms with Gasteiger partial charge in [0.25, 0.3) is 0 Å². The molecule has 0 spiro atoms. The van der Waals surface area contributed by atoms with Crippen molar-refractivity contribution in [3.8, 4) is 0 Å². The van der Waals surface area contributed by atoms with E-state index in [1.54, 1.807) is 0 Å². The van der Waals surface area contributed by atoms with Crippen LogP contribution in [0.3, 0.4) is 0 Å². The fourth-order valence-electron chi connectivity index (χ4n) is 0.796. The quantitative estimate of drug-likeness (QED) is 0.414. The van der Waals surface area contributed by atoms with E-state index in [4.69, 9.17) is 0 Å². The predicted octanol–water partition coefficient (Wildman–Crippen LogP) is 1.72. The summed E-state index contributed by atoms with van der Waals surface area (Å²) in [6, 6.07) is 0. The first-order valence-electron chi connectivity index (χ1n) is 4.84. The first-order chi connectivity index (χ1) is 7.60. The second kappa shape index (κ2) is 8.35. The molecular weight excluding hydrogens is 208 g/mol. The van der Waals surface area contributed by atoms with Crippen molar-refractivity contribution in [3.63, 3.8) is 0 Å². The van der Waals surface area contributed by atoms with Gasteiger partial charge in [-0.2, -0.15) is 0 Å². The highest BCUT2D eigenvalue weighted by Crippen LogP contribution is 1.90. The second-order valence-electron chi connectivity index (χ2n) is 2.88. The summed E-state index contributed by atoms with van der Waals surface area (Å²) in [7, 11) is 0. The Balaban J connectivity index is 0.000000281. The van der Waals surface area contributed by atoms with Gasteiger partial charge in [-0.1, -0.05) is 13.5 Å². The summed E-state index contributed by atoms with van der Waals surface area (Å²) in [6.07, 6.45) is 7.46. The molecule has 0 saturated heterocycles. The van der Waals surface area contributed by atoms with E-state index < -0.39 is 0 Å². The van der Waals surface area contributed by atoms with Crippen LogP contribution < -0.4 is 0 Å². The number of hydrogen-bond donors (Lipinski definition) is 0. The number of esters is 1. The Bertz CT molecular complexity index is 299. The molecule has 1 aliphatic rings. The molecule has 0 saturated carbocycles. The highest BCUT2D eigenvalue weighted by molar-refractivity contribution is 6.14. The number of rotatable bonds is 3. The topological polar surface area (TPSA) is 60.4 Å². The summed E-state index contributed by atoms with van der Waals surface area (Å²) in [5.41, 5.74) is 0. The van der Waals surface area contributed by atoms with Crippen molar-refractivity contribution in [2.24, 2.45) is 0 Å². The van der Waals surface area contributed by atoms with Crippen molar-refractivity contribution in [1.29, 1.82) is 0 Å². The average molecular weight is 222 g/mol. The lowest BCUT2D eigenvalue weighted by molar-refractivity contribution is -0.138. The molecule has 16 heavy (non-hydrogen) atoms. The third-order valence-electron chi connectivity index (χ3n) is 1.49.